The second-order valence-electron chi connectivity index (χ2n) is 9.12. The van der Waals surface area contributed by atoms with Crippen LogP contribution in [0.15, 0.2) is 42.5 Å². The number of amides is 2. The van der Waals surface area contributed by atoms with Crippen molar-refractivity contribution in [3.63, 3.8) is 0 Å². The van der Waals surface area contributed by atoms with Gasteiger partial charge in [0, 0.05) is 29.3 Å². The molecule has 2 amide bonds. The van der Waals surface area contributed by atoms with Gasteiger partial charge >= 0.3 is 0 Å². The van der Waals surface area contributed by atoms with Crippen molar-refractivity contribution in [2.45, 2.75) is 31.3 Å². The largest absolute Gasteiger partial charge is 0.291 e. The Bertz CT molecular complexity index is 1280. The molecule has 0 aromatic heterocycles. The first kappa shape index (κ1) is 19.9. The average molecular weight is 445 g/mol. The molecule has 4 aliphatic rings. The van der Waals surface area contributed by atoms with Crippen LogP contribution in [0, 0.1) is 28.9 Å². The fraction of sp³-hybridized carbons (Fsp3) is 0.333. The number of carbonyl (C=O) groups excluding carboxylic acids is 4. The number of ketones is 2. The quantitative estimate of drug-likeness (QED) is 0.301. The highest BCUT2D eigenvalue weighted by atomic mass is 16.6. The van der Waals surface area contributed by atoms with Crippen molar-refractivity contribution in [3.8, 4) is 0 Å². The molecule has 0 bridgehead atoms. The van der Waals surface area contributed by atoms with Gasteiger partial charge in [-0.2, -0.15) is 0 Å². The third kappa shape index (κ3) is 2.20. The van der Waals surface area contributed by atoms with E-state index in [0.29, 0.717) is 24.9 Å². The lowest BCUT2D eigenvalue weighted by Crippen LogP contribution is -2.59. The van der Waals surface area contributed by atoms with Crippen molar-refractivity contribution in [3.05, 3.63) is 69.3 Å². The molecule has 2 aromatic carbocycles. The molecule has 9 nitrogen and oxygen atoms in total. The van der Waals surface area contributed by atoms with Gasteiger partial charge in [-0.25, -0.2) is 4.90 Å². The van der Waals surface area contributed by atoms with E-state index in [4.69, 9.17) is 0 Å². The Morgan fingerprint density at radius 1 is 1.00 bits per heavy atom. The minimum absolute atomic E-state index is 0.128. The summed E-state index contributed by atoms with van der Waals surface area (Å²) in [5, 5.41) is 11.3. The molecule has 0 N–H and O–H groups in total. The number of carbonyl (C=O) groups is 4. The van der Waals surface area contributed by atoms with Gasteiger partial charge < -0.3 is 0 Å². The topological polar surface area (TPSA) is 118 Å². The number of fused-ring (bicyclic) bond motifs is 6. The van der Waals surface area contributed by atoms with E-state index >= 15 is 0 Å². The monoisotopic (exact) mass is 445 g/mol. The summed E-state index contributed by atoms with van der Waals surface area (Å²) in [5.74, 6) is -4.00. The molecule has 3 saturated heterocycles. The highest BCUT2D eigenvalue weighted by Crippen LogP contribution is 2.57. The maximum Gasteiger partial charge on any atom is 0.271 e. The highest BCUT2D eigenvalue weighted by Gasteiger charge is 2.76. The fourth-order valence-electron chi connectivity index (χ4n) is 6.43. The first-order valence-corrected chi connectivity index (χ1v) is 10.9. The zero-order valence-corrected chi connectivity index (χ0v) is 17.7. The van der Waals surface area contributed by atoms with Crippen molar-refractivity contribution in [1.82, 2.24) is 4.90 Å². The average Bonchev–Trinajstić information content (AvgIpc) is 3.49. The smallest absolute Gasteiger partial charge is 0.271 e. The second-order valence-corrected chi connectivity index (χ2v) is 9.12. The normalized spacial score (nSPS) is 27.4. The Labute approximate surface area is 188 Å². The lowest BCUT2D eigenvalue weighted by atomic mass is 9.76. The van der Waals surface area contributed by atoms with Crippen LogP contribution in [0.3, 0.4) is 0 Å². The van der Waals surface area contributed by atoms with Gasteiger partial charge in [-0.05, 0) is 31.9 Å². The van der Waals surface area contributed by atoms with Crippen LogP contribution < -0.4 is 4.90 Å². The Morgan fingerprint density at radius 3 is 2.30 bits per heavy atom. The Kier molecular flexibility index (Phi) is 3.87. The summed E-state index contributed by atoms with van der Waals surface area (Å²) < 4.78 is 0. The summed E-state index contributed by atoms with van der Waals surface area (Å²) in [6.07, 6.45) is 1.31. The third-order valence-electron chi connectivity index (χ3n) is 7.72. The predicted molar refractivity (Wildman–Crippen MR) is 115 cm³/mol. The van der Waals surface area contributed by atoms with Gasteiger partial charge in [0.1, 0.15) is 0 Å². The van der Waals surface area contributed by atoms with Gasteiger partial charge in [0.2, 0.25) is 11.8 Å². The standard InChI is InChI=1S/C24H19N3O6/c1-12-8-9-13(27(32)33)11-17(12)26-22(30)18-16-7-4-10-25(16)24(19(18)23(26)31)20(28)14-5-2-3-6-15(14)21(24)29/h2-3,5-6,8-9,11,16,18-19H,4,7,10H2,1H3/t16-,18-,19-/m0/s1. The lowest BCUT2D eigenvalue weighted by molar-refractivity contribution is -0.384. The van der Waals surface area contributed by atoms with Crippen LogP contribution in [-0.4, -0.2) is 51.3 Å². The summed E-state index contributed by atoms with van der Waals surface area (Å²) in [6, 6.07) is 10.1. The number of aryl methyl sites for hydroxylation is 1. The molecule has 0 unspecified atom stereocenters. The van der Waals surface area contributed by atoms with Crippen LogP contribution in [-0.2, 0) is 9.59 Å². The fourth-order valence-corrected chi connectivity index (χ4v) is 6.43. The molecule has 166 valence electrons. The van der Waals surface area contributed by atoms with E-state index in [9.17, 15) is 29.3 Å². The number of imide groups is 1. The zero-order valence-electron chi connectivity index (χ0n) is 17.7. The summed E-state index contributed by atoms with van der Waals surface area (Å²) >= 11 is 0. The minimum atomic E-state index is -1.73. The molecule has 2 aromatic rings. The number of hydrogen-bond donors (Lipinski definition) is 0. The van der Waals surface area contributed by atoms with Crippen LogP contribution in [0.4, 0.5) is 11.4 Å². The van der Waals surface area contributed by atoms with E-state index in [-0.39, 0.29) is 22.5 Å². The van der Waals surface area contributed by atoms with E-state index in [1.54, 1.807) is 36.1 Å². The number of Topliss-reactive ketones (excluding diaryl/α,β-unsaturated/α-hetero) is 2. The first-order valence-electron chi connectivity index (χ1n) is 10.9. The van der Waals surface area contributed by atoms with Crippen molar-refractivity contribution in [2.24, 2.45) is 11.8 Å². The number of nitro benzene ring substituents is 1. The molecule has 33 heavy (non-hydrogen) atoms. The number of anilines is 1. The number of non-ortho nitro benzene ring substituents is 1. The summed E-state index contributed by atoms with van der Waals surface area (Å²) in [6.45, 7) is 2.12. The molecule has 6 rings (SSSR count). The predicted octanol–water partition coefficient (Wildman–Crippen LogP) is 2.30. The molecule has 3 fully saturated rings. The molecular formula is C24H19N3O6. The minimum Gasteiger partial charge on any atom is -0.291 e. The molecule has 9 heteroatoms. The highest BCUT2D eigenvalue weighted by molar-refractivity contribution is 6.37. The van der Waals surface area contributed by atoms with Crippen molar-refractivity contribution < 1.29 is 24.1 Å². The molecule has 0 saturated carbocycles. The second kappa shape index (κ2) is 6.41. The van der Waals surface area contributed by atoms with Crippen LogP contribution >= 0.6 is 0 Å². The molecule has 1 aliphatic carbocycles. The number of rotatable bonds is 2. The van der Waals surface area contributed by atoms with E-state index in [0.717, 1.165) is 4.90 Å². The van der Waals surface area contributed by atoms with Crippen LogP contribution in [0.1, 0.15) is 39.1 Å². The van der Waals surface area contributed by atoms with Crippen LogP contribution in [0.2, 0.25) is 0 Å². The zero-order chi connectivity index (χ0) is 23.2. The Morgan fingerprint density at radius 2 is 1.67 bits per heavy atom. The van der Waals surface area contributed by atoms with E-state index in [2.05, 4.69) is 0 Å². The van der Waals surface area contributed by atoms with Crippen LogP contribution in [0.25, 0.3) is 0 Å². The van der Waals surface area contributed by atoms with Gasteiger partial charge in [-0.3, -0.25) is 34.2 Å². The van der Waals surface area contributed by atoms with Crippen LogP contribution in [0.5, 0.6) is 0 Å². The van der Waals surface area contributed by atoms with Crippen molar-refractivity contribution in [1.29, 1.82) is 0 Å². The number of hydrogen-bond acceptors (Lipinski definition) is 7. The van der Waals surface area contributed by atoms with Crippen molar-refractivity contribution in [2.75, 3.05) is 11.4 Å². The van der Waals surface area contributed by atoms with E-state index < -0.39 is 51.7 Å². The maximum atomic E-state index is 13.9. The summed E-state index contributed by atoms with van der Waals surface area (Å²) in [4.78, 5) is 68.6. The third-order valence-corrected chi connectivity index (χ3v) is 7.72. The first-order chi connectivity index (χ1) is 15.8. The van der Waals surface area contributed by atoms with Gasteiger partial charge in [0.15, 0.2) is 17.1 Å². The van der Waals surface area contributed by atoms with Gasteiger partial charge in [-0.15, -0.1) is 0 Å². The van der Waals surface area contributed by atoms with Gasteiger partial charge in [-0.1, -0.05) is 30.3 Å². The Hall–Kier alpha value is -3.72. The summed E-state index contributed by atoms with van der Waals surface area (Å²) in [5.41, 5.74) is -0.773. The number of nitrogens with zero attached hydrogens (tertiary/aromatic N) is 3. The molecular weight excluding hydrogens is 426 g/mol. The molecule has 1 spiro atoms. The van der Waals surface area contributed by atoms with Crippen molar-refractivity contribution >= 4 is 34.8 Å². The SMILES string of the molecule is Cc1ccc([N+](=O)[O-])cc1N1C(=O)[C@@H]2[C@@H](C1=O)C1(C(=O)c3ccccc3C1=O)N1CCC[C@@H]21. The number of benzene rings is 2. The lowest BCUT2D eigenvalue weighted by Gasteiger charge is -2.35. The van der Waals surface area contributed by atoms with E-state index in [1.165, 1.54) is 18.2 Å². The molecule has 3 atom stereocenters. The maximum absolute atomic E-state index is 13.9. The summed E-state index contributed by atoms with van der Waals surface area (Å²) in [7, 11) is 0. The Balaban J connectivity index is 1.54. The van der Waals surface area contributed by atoms with E-state index in [1.807, 2.05) is 0 Å². The molecule has 3 heterocycles. The number of nitro groups is 1. The van der Waals surface area contributed by atoms with Gasteiger partial charge in [0.05, 0.1) is 22.4 Å². The van der Waals surface area contributed by atoms with Gasteiger partial charge in [0.25, 0.3) is 5.69 Å². The molecule has 3 aliphatic heterocycles. The molecule has 0 radical (unpaired) electrons.